The van der Waals surface area contributed by atoms with Crippen LogP contribution in [0.2, 0.25) is 0 Å². The number of carbonyl (C=O) groups excluding carboxylic acids is 3. The summed E-state index contributed by atoms with van der Waals surface area (Å²) in [5.41, 5.74) is 3.09. The smallest absolute Gasteiger partial charge is 0.255 e. The second-order valence-electron chi connectivity index (χ2n) is 9.20. The summed E-state index contributed by atoms with van der Waals surface area (Å²) in [6.45, 7) is 2.84. The maximum atomic E-state index is 12.9. The van der Waals surface area contributed by atoms with Gasteiger partial charge in [-0.25, -0.2) is 0 Å². The van der Waals surface area contributed by atoms with Crippen molar-refractivity contribution >= 4 is 17.7 Å². The summed E-state index contributed by atoms with van der Waals surface area (Å²) in [6, 6.07) is 5.77. The van der Waals surface area contributed by atoms with E-state index < -0.39 is 6.04 Å². The first kappa shape index (κ1) is 20.1. The number of nitrogens with zero attached hydrogens (tertiary/aromatic N) is 1. The molecule has 3 unspecified atom stereocenters. The fourth-order valence-electron chi connectivity index (χ4n) is 5.29. The lowest BCUT2D eigenvalue weighted by Gasteiger charge is -2.29. The third-order valence-corrected chi connectivity index (χ3v) is 6.96. The maximum absolute atomic E-state index is 12.9. The zero-order chi connectivity index (χ0) is 20.4. The van der Waals surface area contributed by atoms with Gasteiger partial charge in [0.1, 0.15) is 6.04 Å². The van der Waals surface area contributed by atoms with Crippen LogP contribution in [0.3, 0.4) is 0 Å². The van der Waals surface area contributed by atoms with Crippen molar-refractivity contribution in [1.29, 1.82) is 0 Å². The van der Waals surface area contributed by atoms with Gasteiger partial charge in [0, 0.05) is 18.5 Å². The average molecular weight is 397 g/mol. The van der Waals surface area contributed by atoms with Crippen molar-refractivity contribution in [3.63, 3.8) is 0 Å². The van der Waals surface area contributed by atoms with Crippen LogP contribution >= 0.6 is 0 Å². The minimum Gasteiger partial charge on any atom is -0.322 e. The van der Waals surface area contributed by atoms with Crippen molar-refractivity contribution in [2.45, 2.75) is 89.6 Å². The highest BCUT2D eigenvalue weighted by Gasteiger charge is 2.39. The Morgan fingerprint density at radius 1 is 0.966 bits per heavy atom. The van der Waals surface area contributed by atoms with Gasteiger partial charge in [-0.15, -0.1) is 0 Å². The highest BCUT2D eigenvalue weighted by Crippen LogP contribution is 2.36. The van der Waals surface area contributed by atoms with E-state index in [1.54, 1.807) is 4.90 Å². The molecule has 4 rings (SSSR count). The van der Waals surface area contributed by atoms with Crippen molar-refractivity contribution in [2.24, 2.45) is 5.92 Å². The standard InChI is InChI=1S/C24H32N2O3/c1-16-7-5-3-2-4-6-8-17(13-16)18-9-10-20-19(14-18)15-26(24(20)29)21-11-12-22(27)25-23(21)28/h9-10,14,16-17,21H,2-8,11-13,15H2,1H3,(H,25,27,28). The minimum absolute atomic E-state index is 0.0830. The van der Waals surface area contributed by atoms with Crippen molar-refractivity contribution in [1.82, 2.24) is 10.2 Å². The highest BCUT2D eigenvalue weighted by atomic mass is 16.2. The lowest BCUT2D eigenvalue weighted by Crippen LogP contribution is -2.52. The molecule has 3 aliphatic rings. The predicted octanol–water partition coefficient (Wildman–Crippen LogP) is 4.30. The van der Waals surface area contributed by atoms with Crippen molar-refractivity contribution < 1.29 is 14.4 Å². The van der Waals surface area contributed by atoms with E-state index in [0.29, 0.717) is 30.9 Å². The molecule has 0 bridgehead atoms. The van der Waals surface area contributed by atoms with Crippen LogP contribution in [-0.2, 0) is 16.1 Å². The monoisotopic (exact) mass is 396 g/mol. The summed E-state index contributed by atoms with van der Waals surface area (Å²) in [6.07, 6.45) is 11.1. The molecule has 1 N–H and O–H groups in total. The molecule has 2 heterocycles. The van der Waals surface area contributed by atoms with Gasteiger partial charge >= 0.3 is 0 Å². The minimum atomic E-state index is -0.537. The van der Waals surface area contributed by atoms with Gasteiger partial charge < -0.3 is 4.90 Å². The predicted molar refractivity (Wildman–Crippen MR) is 111 cm³/mol. The Morgan fingerprint density at radius 2 is 1.72 bits per heavy atom. The zero-order valence-electron chi connectivity index (χ0n) is 17.4. The van der Waals surface area contributed by atoms with Gasteiger partial charge in [-0.05, 0) is 48.3 Å². The molecule has 2 aliphatic heterocycles. The SMILES string of the molecule is CC1CCCCCCCC(c2ccc3c(c2)CN(C2CCC(=O)NC2=O)C3=O)C1. The molecule has 0 radical (unpaired) electrons. The Labute approximate surface area is 173 Å². The number of benzene rings is 1. The van der Waals surface area contributed by atoms with E-state index >= 15 is 0 Å². The molecule has 1 aliphatic carbocycles. The van der Waals surface area contributed by atoms with Crippen LogP contribution in [0.4, 0.5) is 0 Å². The quantitative estimate of drug-likeness (QED) is 0.758. The second-order valence-corrected chi connectivity index (χ2v) is 9.20. The molecule has 1 saturated heterocycles. The first-order chi connectivity index (χ1) is 14.0. The lowest BCUT2D eigenvalue weighted by molar-refractivity contribution is -0.136. The molecule has 1 aromatic carbocycles. The number of hydrogen-bond acceptors (Lipinski definition) is 3. The van der Waals surface area contributed by atoms with Crippen LogP contribution in [0.1, 0.15) is 98.5 Å². The molecule has 5 heteroatoms. The second kappa shape index (κ2) is 8.68. The maximum Gasteiger partial charge on any atom is 0.255 e. The lowest BCUT2D eigenvalue weighted by atomic mass is 9.82. The van der Waals surface area contributed by atoms with E-state index in [0.717, 1.165) is 11.5 Å². The van der Waals surface area contributed by atoms with Crippen molar-refractivity contribution in [3.8, 4) is 0 Å². The summed E-state index contributed by atoms with van der Waals surface area (Å²) in [5.74, 6) is 0.605. The number of nitrogens with one attached hydrogen (secondary N) is 1. The first-order valence-electron chi connectivity index (χ1n) is 11.3. The van der Waals surface area contributed by atoms with Crippen LogP contribution in [0, 0.1) is 5.92 Å². The van der Waals surface area contributed by atoms with Crippen LogP contribution in [0.15, 0.2) is 18.2 Å². The zero-order valence-corrected chi connectivity index (χ0v) is 17.4. The number of amides is 3. The third kappa shape index (κ3) is 4.39. The van der Waals surface area contributed by atoms with Gasteiger partial charge in [0.15, 0.2) is 0 Å². The number of hydrogen-bond donors (Lipinski definition) is 1. The molecular weight excluding hydrogens is 364 g/mol. The van der Waals surface area contributed by atoms with Crippen LogP contribution < -0.4 is 5.32 Å². The fraction of sp³-hybridized carbons (Fsp3) is 0.625. The van der Waals surface area contributed by atoms with E-state index in [-0.39, 0.29) is 17.7 Å². The van der Waals surface area contributed by atoms with Crippen LogP contribution in [0.25, 0.3) is 0 Å². The van der Waals surface area contributed by atoms with Crippen LogP contribution in [-0.4, -0.2) is 28.7 Å². The molecule has 156 valence electrons. The van der Waals surface area contributed by atoms with E-state index in [2.05, 4.69) is 24.4 Å². The molecule has 0 aromatic heterocycles. The summed E-state index contributed by atoms with van der Waals surface area (Å²) < 4.78 is 0. The molecular formula is C24H32N2O3. The number of carbonyl (C=O) groups is 3. The molecule has 1 saturated carbocycles. The van der Waals surface area contributed by atoms with E-state index in [9.17, 15) is 14.4 Å². The molecule has 1 aromatic rings. The Balaban J connectivity index is 1.51. The third-order valence-electron chi connectivity index (χ3n) is 6.96. The Morgan fingerprint density at radius 3 is 2.52 bits per heavy atom. The van der Waals surface area contributed by atoms with Gasteiger partial charge in [0.2, 0.25) is 11.8 Å². The van der Waals surface area contributed by atoms with Crippen molar-refractivity contribution in [2.75, 3.05) is 0 Å². The number of rotatable bonds is 2. The molecule has 2 fully saturated rings. The topological polar surface area (TPSA) is 66.5 Å². The number of piperidine rings is 1. The Kier molecular flexibility index (Phi) is 6.02. The number of fused-ring (bicyclic) bond motifs is 1. The molecule has 5 nitrogen and oxygen atoms in total. The number of imide groups is 1. The van der Waals surface area contributed by atoms with Gasteiger partial charge in [-0.2, -0.15) is 0 Å². The first-order valence-corrected chi connectivity index (χ1v) is 11.3. The molecule has 3 atom stereocenters. The highest BCUT2D eigenvalue weighted by molar-refractivity contribution is 6.05. The van der Waals surface area contributed by atoms with Gasteiger partial charge in [-0.3, -0.25) is 19.7 Å². The molecule has 29 heavy (non-hydrogen) atoms. The Hall–Kier alpha value is -2.17. The van der Waals surface area contributed by atoms with Gasteiger partial charge in [-0.1, -0.05) is 57.6 Å². The Bertz CT molecular complexity index is 803. The van der Waals surface area contributed by atoms with Gasteiger partial charge in [0.25, 0.3) is 5.91 Å². The largest absolute Gasteiger partial charge is 0.322 e. The van der Waals surface area contributed by atoms with E-state index in [4.69, 9.17) is 0 Å². The normalized spacial score (nSPS) is 28.8. The molecule has 0 spiro atoms. The van der Waals surface area contributed by atoms with Crippen LogP contribution in [0.5, 0.6) is 0 Å². The summed E-state index contributed by atoms with van der Waals surface area (Å²) in [7, 11) is 0. The fourth-order valence-corrected chi connectivity index (χ4v) is 5.29. The average Bonchev–Trinajstić information content (AvgIpc) is 3.02. The summed E-state index contributed by atoms with van der Waals surface area (Å²) in [5, 5.41) is 2.37. The summed E-state index contributed by atoms with van der Waals surface area (Å²) in [4.78, 5) is 38.2. The summed E-state index contributed by atoms with van der Waals surface area (Å²) >= 11 is 0. The van der Waals surface area contributed by atoms with Crippen molar-refractivity contribution in [3.05, 3.63) is 34.9 Å². The van der Waals surface area contributed by atoms with Gasteiger partial charge in [0.05, 0.1) is 0 Å². The molecule has 3 amide bonds. The van der Waals surface area contributed by atoms with E-state index in [1.807, 2.05) is 6.07 Å². The van der Waals surface area contributed by atoms with E-state index in [1.165, 1.54) is 56.9 Å².